The summed E-state index contributed by atoms with van der Waals surface area (Å²) in [5, 5.41) is 7.01. The third kappa shape index (κ3) is 3.30. The third-order valence-corrected chi connectivity index (χ3v) is 4.43. The highest BCUT2D eigenvalue weighted by atomic mass is 32.1. The van der Waals surface area contributed by atoms with Crippen LogP contribution in [0.3, 0.4) is 0 Å². The lowest BCUT2D eigenvalue weighted by Crippen LogP contribution is -2.29. The molecule has 0 radical (unpaired) electrons. The number of ether oxygens (including phenoxy) is 1. The first-order valence-corrected chi connectivity index (χ1v) is 8.20. The largest absolute Gasteiger partial charge is 0.367 e. The number of hydrogen-bond acceptors (Lipinski definition) is 7. The highest BCUT2D eigenvalue weighted by Crippen LogP contribution is 2.32. The molecule has 2 aromatic heterocycles. The molecule has 116 valence electrons. The maximum Gasteiger partial charge on any atom is 0.277 e. The van der Waals surface area contributed by atoms with E-state index in [1.54, 1.807) is 11.3 Å². The van der Waals surface area contributed by atoms with Crippen molar-refractivity contribution >= 4 is 11.3 Å². The lowest BCUT2D eigenvalue weighted by molar-refractivity contribution is -0.0583. The van der Waals surface area contributed by atoms with Gasteiger partial charge in [-0.05, 0) is 26.3 Å². The maximum absolute atomic E-state index is 5.89. The molecule has 0 unspecified atom stereocenters. The predicted molar refractivity (Wildman–Crippen MR) is 82.1 cm³/mol. The van der Waals surface area contributed by atoms with E-state index >= 15 is 0 Å². The second-order valence-corrected chi connectivity index (χ2v) is 5.67. The highest BCUT2D eigenvalue weighted by Gasteiger charge is 2.34. The molecule has 0 aliphatic heterocycles. The fourth-order valence-electron chi connectivity index (χ4n) is 2.27. The van der Waals surface area contributed by atoms with Gasteiger partial charge in [0.05, 0.1) is 5.01 Å². The lowest BCUT2D eigenvalue weighted by Gasteiger charge is -2.27. The van der Waals surface area contributed by atoms with Crippen molar-refractivity contribution in [2.45, 2.75) is 45.6 Å². The van der Waals surface area contributed by atoms with Crippen molar-refractivity contribution in [2.75, 3.05) is 13.2 Å². The first-order chi connectivity index (χ1) is 10.2. The van der Waals surface area contributed by atoms with Crippen LogP contribution >= 0.6 is 11.3 Å². The summed E-state index contributed by atoms with van der Waals surface area (Å²) in [6.07, 6.45) is 2.36. The molecule has 2 rings (SSSR count). The molecule has 6 nitrogen and oxygen atoms in total. The van der Waals surface area contributed by atoms with Gasteiger partial charge in [0, 0.05) is 18.4 Å². The van der Waals surface area contributed by atoms with Crippen LogP contribution in [-0.4, -0.2) is 28.3 Å². The molecule has 0 fully saturated rings. The minimum absolute atomic E-state index is 0.440. The minimum atomic E-state index is -0.480. The first-order valence-electron chi connectivity index (χ1n) is 7.32. The summed E-state index contributed by atoms with van der Waals surface area (Å²) in [6, 6.07) is 0. The summed E-state index contributed by atoms with van der Waals surface area (Å²) in [6.45, 7) is 7.30. The Balaban J connectivity index is 2.27. The highest BCUT2D eigenvalue weighted by molar-refractivity contribution is 7.09. The quantitative estimate of drug-likeness (QED) is 0.806. The maximum atomic E-state index is 5.89. The Morgan fingerprint density at radius 1 is 1.29 bits per heavy atom. The van der Waals surface area contributed by atoms with Crippen LogP contribution in [0.25, 0.3) is 11.6 Å². The summed E-state index contributed by atoms with van der Waals surface area (Å²) in [5.74, 6) is 1.04. The number of thiazole rings is 1. The van der Waals surface area contributed by atoms with E-state index in [1.807, 2.05) is 12.3 Å². The summed E-state index contributed by atoms with van der Waals surface area (Å²) in [5.41, 5.74) is 5.77. The van der Waals surface area contributed by atoms with Crippen LogP contribution in [0.4, 0.5) is 0 Å². The van der Waals surface area contributed by atoms with Gasteiger partial charge in [-0.3, -0.25) is 0 Å². The molecule has 7 heteroatoms. The van der Waals surface area contributed by atoms with E-state index < -0.39 is 5.60 Å². The van der Waals surface area contributed by atoms with Crippen molar-refractivity contribution in [2.24, 2.45) is 5.73 Å². The Morgan fingerprint density at radius 2 is 2.05 bits per heavy atom. The molecule has 0 aliphatic carbocycles. The number of nitrogens with two attached hydrogens (primary N) is 1. The molecule has 0 spiro atoms. The Hall–Kier alpha value is -1.31. The van der Waals surface area contributed by atoms with Crippen LogP contribution in [0.5, 0.6) is 0 Å². The third-order valence-electron chi connectivity index (χ3n) is 3.53. The molecule has 21 heavy (non-hydrogen) atoms. The average Bonchev–Trinajstić information content (AvgIpc) is 3.14. The van der Waals surface area contributed by atoms with Gasteiger partial charge in [-0.1, -0.05) is 19.0 Å². The van der Waals surface area contributed by atoms with E-state index in [4.69, 9.17) is 15.0 Å². The van der Waals surface area contributed by atoms with Gasteiger partial charge in [0.2, 0.25) is 5.82 Å². The summed E-state index contributed by atoms with van der Waals surface area (Å²) < 4.78 is 11.3. The Labute approximate surface area is 128 Å². The van der Waals surface area contributed by atoms with Crippen LogP contribution in [0.1, 0.15) is 44.4 Å². The molecule has 2 N–H and O–H groups in total. The van der Waals surface area contributed by atoms with Crippen molar-refractivity contribution in [3.8, 4) is 11.6 Å². The molecule has 0 saturated heterocycles. The first kappa shape index (κ1) is 16.1. The number of nitrogens with zero attached hydrogens (tertiary/aromatic N) is 3. The molecule has 0 amide bonds. The van der Waals surface area contributed by atoms with Gasteiger partial charge < -0.3 is 15.0 Å². The van der Waals surface area contributed by atoms with E-state index in [0.29, 0.717) is 30.6 Å². The molecule has 2 heterocycles. The number of hydrogen-bond donors (Lipinski definition) is 1. The van der Waals surface area contributed by atoms with Gasteiger partial charge in [-0.15, -0.1) is 11.3 Å². The second-order valence-electron chi connectivity index (χ2n) is 4.72. The van der Waals surface area contributed by atoms with Crippen LogP contribution < -0.4 is 5.73 Å². The summed E-state index contributed by atoms with van der Waals surface area (Å²) >= 11 is 1.56. The summed E-state index contributed by atoms with van der Waals surface area (Å²) in [4.78, 5) is 8.96. The van der Waals surface area contributed by atoms with Crippen LogP contribution in [0.15, 0.2) is 9.90 Å². The fraction of sp³-hybridized carbons (Fsp3) is 0.643. The molecule has 0 aliphatic rings. The molecular formula is C14H22N4O2S. The van der Waals surface area contributed by atoms with Gasteiger partial charge in [-0.2, -0.15) is 4.98 Å². The van der Waals surface area contributed by atoms with E-state index in [1.165, 1.54) is 0 Å². The SMILES string of the molecule is CCOC(CC)(CC)c1noc(-c2csc(CCN)n2)n1. The van der Waals surface area contributed by atoms with E-state index in [-0.39, 0.29) is 0 Å². The fourth-order valence-corrected chi connectivity index (χ4v) is 3.06. The van der Waals surface area contributed by atoms with Crippen molar-refractivity contribution in [3.05, 3.63) is 16.2 Å². The lowest BCUT2D eigenvalue weighted by atomic mass is 9.96. The second kappa shape index (κ2) is 7.11. The molecule has 0 saturated carbocycles. The van der Waals surface area contributed by atoms with Crippen molar-refractivity contribution in [1.82, 2.24) is 15.1 Å². The van der Waals surface area contributed by atoms with E-state index in [9.17, 15) is 0 Å². The monoisotopic (exact) mass is 310 g/mol. The van der Waals surface area contributed by atoms with Crippen LogP contribution in [0.2, 0.25) is 0 Å². The number of rotatable bonds is 8. The normalized spacial score (nSPS) is 12.0. The molecule has 2 aromatic rings. The van der Waals surface area contributed by atoms with Crippen molar-refractivity contribution in [1.29, 1.82) is 0 Å². The van der Waals surface area contributed by atoms with E-state index in [0.717, 1.165) is 24.3 Å². The standard InChI is InChI=1S/C14H22N4O2S/c1-4-14(5-2,19-6-3)13-17-12(20-18-13)10-9-21-11(16-10)7-8-15/h9H,4-8,15H2,1-3H3. The smallest absolute Gasteiger partial charge is 0.277 e. The zero-order valence-corrected chi connectivity index (χ0v) is 13.6. The van der Waals surface area contributed by atoms with Crippen LogP contribution in [-0.2, 0) is 16.8 Å². The van der Waals surface area contributed by atoms with Gasteiger partial charge in [-0.25, -0.2) is 4.98 Å². The topological polar surface area (TPSA) is 87.1 Å². The van der Waals surface area contributed by atoms with E-state index in [2.05, 4.69) is 29.0 Å². The van der Waals surface area contributed by atoms with Gasteiger partial charge in [0.1, 0.15) is 11.3 Å². The Morgan fingerprint density at radius 3 is 2.67 bits per heavy atom. The van der Waals surface area contributed by atoms with Crippen LogP contribution in [0, 0.1) is 0 Å². The van der Waals surface area contributed by atoms with Gasteiger partial charge in [0.25, 0.3) is 5.89 Å². The summed E-state index contributed by atoms with van der Waals surface area (Å²) in [7, 11) is 0. The number of aromatic nitrogens is 3. The Kier molecular flexibility index (Phi) is 5.44. The Bertz CT molecular complexity index is 563. The van der Waals surface area contributed by atoms with Gasteiger partial charge in [0.15, 0.2) is 0 Å². The predicted octanol–water partition coefficient (Wildman–Crippen LogP) is 2.75. The van der Waals surface area contributed by atoms with Crippen molar-refractivity contribution < 1.29 is 9.26 Å². The molecule has 0 atom stereocenters. The minimum Gasteiger partial charge on any atom is -0.367 e. The average molecular weight is 310 g/mol. The molecule has 0 bridgehead atoms. The zero-order chi connectivity index (χ0) is 15.3. The zero-order valence-electron chi connectivity index (χ0n) is 12.8. The van der Waals surface area contributed by atoms with Crippen molar-refractivity contribution in [3.63, 3.8) is 0 Å². The van der Waals surface area contributed by atoms with Gasteiger partial charge >= 0.3 is 0 Å². The molecule has 0 aromatic carbocycles. The molecular weight excluding hydrogens is 288 g/mol.